The van der Waals surface area contributed by atoms with Crippen molar-refractivity contribution in [3.63, 3.8) is 0 Å². The molecule has 0 heterocycles. The summed E-state index contributed by atoms with van der Waals surface area (Å²) in [7, 11) is -1.60. The van der Waals surface area contributed by atoms with Crippen molar-refractivity contribution >= 4 is 21.7 Å². The van der Waals surface area contributed by atoms with Crippen LogP contribution in [-0.2, 0) is 19.6 Å². The number of carbonyl (C=O) groups excluding carboxylic acids is 1. The minimum atomic E-state index is -4.03. The maximum absolute atomic E-state index is 12.2. The van der Waals surface area contributed by atoms with Crippen molar-refractivity contribution in [2.45, 2.75) is 11.3 Å². The third-order valence-corrected chi connectivity index (χ3v) is 4.51. The Morgan fingerprint density at radius 3 is 2.55 bits per heavy atom. The van der Waals surface area contributed by atoms with E-state index >= 15 is 0 Å². The lowest BCUT2D eigenvalue weighted by atomic mass is 10.3. The monoisotopic (exact) mass is 302 g/mol. The normalized spacial score (nSPS) is 11.3. The van der Waals surface area contributed by atoms with Crippen molar-refractivity contribution in [3.8, 4) is 0 Å². The number of nitro benzene ring substituents is 1. The van der Waals surface area contributed by atoms with Crippen LogP contribution >= 0.6 is 0 Å². The summed E-state index contributed by atoms with van der Waals surface area (Å²) < 4.78 is 29.7. The second-order valence-corrected chi connectivity index (χ2v) is 5.89. The molecule has 0 N–H and O–H groups in total. The highest BCUT2D eigenvalue weighted by Gasteiger charge is 2.29. The van der Waals surface area contributed by atoms with Crippen LogP contribution in [0.3, 0.4) is 0 Å². The molecule has 0 aromatic heterocycles. The van der Waals surface area contributed by atoms with Crippen LogP contribution in [0.25, 0.3) is 0 Å². The van der Waals surface area contributed by atoms with E-state index in [-0.39, 0.29) is 13.0 Å². The van der Waals surface area contributed by atoms with Gasteiger partial charge in [0.15, 0.2) is 4.90 Å². The van der Waals surface area contributed by atoms with Gasteiger partial charge in [-0.15, -0.1) is 0 Å². The molecule has 0 radical (unpaired) electrons. The fourth-order valence-corrected chi connectivity index (χ4v) is 2.79. The Kier molecular flexibility index (Phi) is 5.17. The Bertz CT molecular complexity index is 613. The molecule has 8 nitrogen and oxygen atoms in total. The molecular formula is C11H14N2O6S. The summed E-state index contributed by atoms with van der Waals surface area (Å²) in [6.45, 7) is -0.124. The van der Waals surface area contributed by atoms with Crippen molar-refractivity contribution in [2.24, 2.45) is 0 Å². The number of esters is 1. The third-order valence-electron chi connectivity index (χ3n) is 2.61. The highest BCUT2D eigenvalue weighted by molar-refractivity contribution is 7.89. The first-order chi connectivity index (χ1) is 9.30. The molecule has 1 aromatic rings. The Balaban J connectivity index is 3.05. The minimum absolute atomic E-state index is 0.124. The third kappa shape index (κ3) is 3.52. The zero-order chi connectivity index (χ0) is 15.3. The number of methoxy groups -OCH3 is 1. The Morgan fingerprint density at radius 1 is 1.40 bits per heavy atom. The SMILES string of the molecule is COC(=O)CCN(C)S(=O)(=O)c1ccccc1[N+](=O)[O-]. The number of benzene rings is 1. The summed E-state index contributed by atoms with van der Waals surface area (Å²) in [6, 6.07) is 5.04. The summed E-state index contributed by atoms with van der Waals surface area (Å²) >= 11 is 0. The van der Waals surface area contributed by atoms with Gasteiger partial charge in [0.05, 0.1) is 18.5 Å². The van der Waals surface area contributed by atoms with Crippen LogP contribution in [0.2, 0.25) is 0 Å². The molecule has 0 fully saturated rings. The first kappa shape index (κ1) is 16.1. The van der Waals surface area contributed by atoms with Gasteiger partial charge in [0.25, 0.3) is 5.69 Å². The van der Waals surface area contributed by atoms with Crippen molar-refractivity contribution in [2.75, 3.05) is 20.7 Å². The Hall–Kier alpha value is -2.00. The van der Waals surface area contributed by atoms with Gasteiger partial charge in [0, 0.05) is 19.7 Å². The van der Waals surface area contributed by atoms with Gasteiger partial charge in [-0.2, -0.15) is 0 Å². The van der Waals surface area contributed by atoms with Gasteiger partial charge >= 0.3 is 5.97 Å². The molecule has 0 saturated heterocycles. The lowest BCUT2D eigenvalue weighted by Crippen LogP contribution is -2.29. The van der Waals surface area contributed by atoms with Gasteiger partial charge in [-0.3, -0.25) is 14.9 Å². The summed E-state index contributed by atoms with van der Waals surface area (Å²) in [4.78, 5) is 20.7. The second-order valence-electron chi connectivity index (χ2n) is 3.88. The zero-order valence-corrected chi connectivity index (χ0v) is 11.8. The molecule has 0 bridgehead atoms. The van der Waals surface area contributed by atoms with E-state index in [2.05, 4.69) is 4.74 Å². The zero-order valence-electron chi connectivity index (χ0n) is 11.0. The van der Waals surface area contributed by atoms with Crippen molar-refractivity contribution in [1.82, 2.24) is 4.31 Å². The molecule has 20 heavy (non-hydrogen) atoms. The maximum Gasteiger partial charge on any atom is 0.306 e. The molecule has 0 aliphatic heterocycles. The smallest absolute Gasteiger partial charge is 0.306 e. The van der Waals surface area contributed by atoms with Gasteiger partial charge in [0.1, 0.15) is 0 Å². The summed E-state index contributed by atoms with van der Waals surface area (Å²) in [6.07, 6.45) is -0.132. The van der Waals surface area contributed by atoms with Crippen molar-refractivity contribution in [3.05, 3.63) is 34.4 Å². The summed E-state index contributed by atoms with van der Waals surface area (Å²) in [5.74, 6) is -0.561. The molecule has 0 spiro atoms. The van der Waals surface area contributed by atoms with E-state index in [4.69, 9.17) is 0 Å². The number of hydrogen-bond donors (Lipinski definition) is 0. The van der Waals surface area contributed by atoms with Gasteiger partial charge in [-0.25, -0.2) is 12.7 Å². The number of sulfonamides is 1. The second kappa shape index (κ2) is 6.44. The first-order valence-corrected chi connectivity index (χ1v) is 7.01. The van der Waals surface area contributed by atoms with E-state index in [9.17, 15) is 23.3 Å². The Morgan fingerprint density at radius 2 is 2.00 bits per heavy atom. The molecule has 1 aromatic carbocycles. The van der Waals surface area contributed by atoms with Crippen LogP contribution in [0.4, 0.5) is 5.69 Å². The summed E-state index contributed by atoms with van der Waals surface area (Å²) in [5, 5.41) is 10.9. The van der Waals surface area contributed by atoms with Crippen LogP contribution in [0, 0.1) is 10.1 Å². The quantitative estimate of drug-likeness (QED) is 0.436. The van der Waals surface area contributed by atoms with E-state index in [0.717, 1.165) is 16.4 Å². The van der Waals surface area contributed by atoms with Gasteiger partial charge < -0.3 is 4.74 Å². The molecule has 0 unspecified atom stereocenters. The molecular weight excluding hydrogens is 288 g/mol. The standard InChI is InChI=1S/C11H14N2O6S/c1-12(8-7-11(14)19-2)20(17,18)10-6-4-3-5-9(10)13(15)16/h3-6H,7-8H2,1-2H3. The van der Waals surface area contributed by atoms with Gasteiger partial charge in [-0.1, -0.05) is 12.1 Å². The first-order valence-electron chi connectivity index (χ1n) is 5.57. The predicted molar refractivity (Wildman–Crippen MR) is 69.5 cm³/mol. The fourth-order valence-electron chi connectivity index (χ4n) is 1.46. The number of nitrogens with zero attached hydrogens (tertiary/aromatic N) is 2. The lowest BCUT2D eigenvalue weighted by molar-refractivity contribution is -0.387. The average Bonchev–Trinajstić information content (AvgIpc) is 2.43. The van der Waals surface area contributed by atoms with E-state index in [1.165, 1.54) is 26.3 Å². The largest absolute Gasteiger partial charge is 0.469 e. The molecule has 110 valence electrons. The van der Waals surface area contributed by atoms with Crippen LogP contribution < -0.4 is 0 Å². The number of para-hydroxylation sites is 1. The molecule has 0 saturated carbocycles. The molecule has 1 rings (SSSR count). The molecule has 0 atom stereocenters. The minimum Gasteiger partial charge on any atom is -0.469 e. The van der Waals surface area contributed by atoms with Crippen molar-refractivity contribution < 1.29 is 22.9 Å². The number of nitro groups is 1. The number of hydrogen-bond acceptors (Lipinski definition) is 6. The van der Waals surface area contributed by atoms with Crippen molar-refractivity contribution in [1.29, 1.82) is 0 Å². The van der Waals surface area contributed by atoms with Gasteiger partial charge in [-0.05, 0) is 6.07 Å². The molecule has 0 aliphatic rings. The van der Waals surface area contributed by atoms with E-state index in [1.807, 2.05) is 0 Å². The number of ether oxygens (including phenoxy) is 1. The average molecular weight is 302 g/mol. The van der Waals surface area contributed by atoms with Crippen LogP contribution in [-0.4, -0.2) is 44.3 Å². The van der Waals surface area contributed by atoms with E-state index in [0.29, 0.717) is 0 Å². The van der Waals surface area contributed by atoms with E-state index < -0.39 is 31.5 Å². The highest BCUT2D eigenvalue weighted by atomic mass is 32.2. The predicted octanol–water partition coefficient (Wildman–Crippen LogP) is 0.778. The van der Waals surface area contributed by atoms with Crippen LogP contribution in [0.5, 0.6) is 0 Å². The van der Waals surface area contributed by atoms with Gasteiger partial charge in [0.2, 0.25) is 10.0 Å². The lowest BCUT2D eigenvalue weighted by Gasteiger charge is -2.16. The molecule has 0 aliphatic carbocycles. The molecule has 9 heteroatoms. The highest BCUT2D eigenvalue weighted by Crippen LogP contribution is 2.25. The topological polar surface area (TPSA) is 107 Å². The van der Waals surface area contributed by atoms with E-state index in [1.54, 1.807) is 0 Å². The van der Waals surface area contributed by atoms with Crippen LogP contribution in [0.1, 0.15) is 6.42 Å². The summed E-state index contributed by atoms with van der Waals surface area (Å²) in [5.41, 5.74) is -0.502. The fraction of sp³-hybridized carbons (Fsp3) is 0.364. The number of rotatable bonds is 6. The number of carbonyl (C=O) groups is 1. The Labute approximate surface area is 116 Å². The van der Waals surface area contributed by atoms with Crippen LogP contribution in [0.15, 0.2) is 29.2 Å². The maximum atomic E-state index is 12.2. The molecule has 0 amide bonds.